The molecule has 0 bridgehead atoms. The van der Waals surface area contributed by atoms with Crippen LogP contribution in [0, 0.1) is 6.92 Å². The lowest BCUT2D eigenvalue weighted by Gasteiger charge is -2.17. The van der Waals surface area contributed by atoms with Crippen molar-refractivity contribution in [2.24, 2.45) is 0 Å². The number of amides is 1. The second-order valence-electron chi connectivity index (χ2n) is 6.14. The van der Waals surface area contributed by atoms with Gasteiger partial charge < -0.3 is 9.30 Å². The number of rotatable bonds is 3. The molecule has 4 rings (SSSR count). The second-order valence-corrected chi connectivity index (χ2v) is 6.14. The van der Waals surface area contributed by atoms with Crippen LogP contribution in [0.5, 0.6) is 0 Å². The van der Waals surface area contributed by atoms with Crippen molar-refractivity contribution in [2.45, 2.75) is 26.9 Å². The Hall–Kier alpha value is -3.02. The fourth-order valence-electron chi connectivity index (χ4n) is 3.23. The Labute approximate surface area is 146 Å². The number of aryl methyl sites for hydroxylation is 1. The SMILES string of the molecule is CCOC(=O)N1Cc2nn(-c3cccc(C)c3)c(-n3cccc3)c2C1. The van der Waals surface area contributed by atoms with Gasteiger partial charge in [-0.25, -0.2) is 9.48 Å². The predicted molar refractivity (Wildman–Crippen MR) is 93.9 cm³/mol. The van der Waals surface area contributed by atoms with E-state index in [1.165, 1.54) is 5.56 Å². The van der Waals surface area contributed by atoms with Gasteiger partial charge in [0.1, 0.15) is 5.82 Å². The maximum absolute atomic E-state index is 12.1. The van der Waals surface area contributed by atoms with Crippen molar-refractivity contribution >= 4 is 6.09 Å². The van der Waals surface area contributed by atoms with Crippen molar-refractivity contribution in [1.82, 2.24) is 19.2 Å². The van der Waals surface area contributed by atoms with E-state index in [1.807, 2.05) is 52.8 Å². The molecule has 0 atom stereocenters. The number of carbonyl (C=O) groups excluding carboxylic acids is 1. The molecule has 2 aromatic heterocycles. The maximum atomic E-state index is 12.1. The van der Waals surface area contributed by atoms with Gasteiger partial charge in [0, 0.05) is 18.0 Å². The van der Waals surface area contributed by atoms with Crippen molar-refractivity contribution in [3.8, 4) is 11.5 Å². The van der Waals surface area contributed by atoms with Crippen LogP contribution < -0.4 is 0 Å². The molecule has 6 nitrogen and oxygen atoms in total. The Morgan fingerprint density at radius 2 is 2.00 bits per heavy atom. The number of hydrogen-bond donors (Lipinski definition) is 0. The maximum Gasteiger partial charge on any atom is 0.410 e. The van der Waals surface area contributed by atoms with Gasteiger partial charge in [0.15, 0.2) is 0 Å². The summed E-state index contributed by atoms with van der Waals surface area (Å²) < 4.78 is 9.14. The quantitative estimate of drug-likeness (QED) is 0.736. The average molecular weight is 336 g/mol. The fraction of sp³-hybridized carbons (Fsp3) is 0.263. The van der Waals surface area contributed by atoms with Crippen molar-refractivity contribution in [1.29, 1.82) is 0 Å². The van der Waals surface area contributed by atoms with Crippen LogP contribution in [0.2, 0.25) is 0 Å². The molecule has 25 heavy (non-hydrogen) atoms. The summed E-state index contributed by atoms with van der Waals surface area (Å²) in [6.07, 6.45) is 3.70. The first-order valence-corrected chi connectivity index (χ1v) is 8.40. The van der Waals surface area contributed by atoms with Crippen LogP contribution in [0.15, 0.2) is 48.8 Å². The molecular weight excluding hydrogens is 316 g/mol. The topological polar surface area (TPSA) is 52.3 Å². The Morgan fingerprint density at radius 3 is 2.72 bits per heavy atom. The van der Waals surface area contributed by atoms with Crippen molar-refractivity contribution < 1.29 is 9.53 Å². The third-order valence-electron chi connectivity index (χ3n) is 4.35. The highest BCUT2D eigenvalue weighted by molar-refractivity contribution is 5.69. The number of ether oxygens (including phenoxy) is 1. The highest BCUT2D eigenvalue weighted by Gasteiger charge is 2.32. The van der Waals surface area contributed by atoms with Crippen LogP contribution in [0.1, 0.15) is 23.7 Å². The minimum Gasteiger partial charge on any atom is -0.450 e. The Morgan fingerprint density at radius 1 is 1.20 bits per heavy atom. The molecule has 0 unspecified atom stereocenters. The highest BCUT2D eigenvalue weighted by Crippen LogP contribution is 2.30. The molecule has 0 aliphatic carbocycles. The van der Waals surface area contributed by atoms with E-state index in [0.717, 1.165) is 22.8 Å². The molecule has 128 valence electrons. The van der Waals surface area contributed by atoms with Crippen molar-refractivity contribution in [3.63, 3.8) is 0 Å². The van der Waals surface area contributed by atoms with Gasteiger partial charge in [0.25, 0.3) is 0 Å². The first-order chi connectivity index (χ1) is 12.2. The summed E-state index contributed by atoms with van der Waals surface area (Å²) in [5, 5.41) is 4.80. The molecule has 0 radical (unpaired) electrons. The number of hydrogen-bond acceptors (Lipinski definition) is 3. The standard InChI is InChI=1S/C19H20N4O2/c1-3-25-19(24)22-12-16-17(13-22)20-23(15-8-6-7-14(2)11-15)18(16)21-9-4-5-10-21/h4-11H,3,12-13H2,1-2H3. The van der Waals surface area contributed by atoms with E-state index in [1.54, 1.807) is 4.90 Å². The molecule has 6 heteroatoms. The third-order valence-corrected chi connectivity index (χ3v) is 4.35. The largest absolute Gasteiger partial charge is 0.450 e. The zero-order valence-electron chi connectivity index (χ0n) is 14.3. The van der Waals surface area contributed by atoms with Crippen LogP contribution in [-0.4, -0.2) is 31.9 Å². The van der Waals surface area contributed by atoms with Gasteiger partial charge in [-0.2, -0.15) is 5.10 Å². The molecule has 1 aliphatic rings. The summed E-state index contributed by atoms with van der Waals surface area (Å²) in [7, 11) is 0. The molecule has 0 saturated carbocycles. The van der Waals surface area contributed by atoms with Crippen LogP contribution in [-0.2, 0) is 17.8 Å². The molecule has 0 saturated heterocycles. The van der Waals surface area contributed by atoms with Crippen molar-refractivity contribution in [3.05, 3.63) is 65.6 Å². The van der Waals surface area contributed by atoms with Gasteiger partial charge in [0.2, 0.25) is 0 Å². The zero-order chi connectivity index (χ0) is 17.4. The van der Waals surface area contributed by atoms with Gasteiger partial charge in [0.05, 0.1) is 31.1 Å². The van der Waals surface area contributed by atoms with Gasteiger partial charge in [-0.15, -0.1) is 0 Å². The first-order valence-electron chi connectivity index (χ1n) is 8.40. The fourth-order valence-corrected chi connectivity index (χ4v) is 3.23. The number of fused-ring (bicyclic) bond motifs is 1. The monoisotopic (exact) mass is 336 g/mol. The van der Waals surface area contributed by atoms with Crippen LogP contribution in [0.3, 0.4) is 0 Å². The van der Waals surface area contributed by atoms with E-state index in [0.29, 0.717) is 19.7 Å². The molecule has 3 aromatic rings. The lowest BCUT2D eigenvalue weighted by Crippen LogP contribution is -2.27. The molecule has 0 spiro atoms. The Kier molecular flexibility index (Phi) is 3.80. The van der Waals surface area contributed by atoms with E-state index in [-0.39, 0.29) is 6.09 Å². The summed E-state index contributed by atoms with van der Waals surface area (Å²) in [6, 6.07) is 12.2. The Bertz CT molecular complexity index is 912. The van der Waals surface area contributed by atoms with Gasteiger partial charge in [-0.3, -0.25) is 4.90 Å². The molecule has 1 amide bonds. The molecule has 3 heterocycles. The average Bonchev–Trinajstić information content (AvgIpc) is 3.30. The number of benzene rings is 1. The molecule has 0 fully saturated rings. The van der Waals surface area contributed by atoms with Gasteiger partial charge in [-0.1, -0.05) is 12.1 Å². The normalized spacial score (nSPS) is 13.1. The summed E-state index contributed by atoms with van der Waals surface area (Å²) >= 11 is 0. The summed E-state index contributed by atoms with van der Waals surface area (Å²) in [6.45, 7) is 5.24. The number of nitrogens with zero attached hydrogens (tertiary/aromatic N) is 4. The lowest BCUT2D eigenvalue weighted by atomic mass is 10.2. The highest BCUT2D eigenvalue weighted by atomic mass is 16.6. The minimum atomic E-state index is -0.291. The molecular formula is C19H20N4O2. The van der Waals surface area contributed by atoms with E-state index >= 15 is 0 Å². The van der Waals surface area contributed by atoms with Crippen LogP contribution in [0.25, 0.3) is 11.5 Å². The van der Waals surface area contributed by atoms with Gasteiger partial charge >= 0.3 is 6.09 Å². The number of aromatic nitrogens is 3. The second kappa shape index (κ2) is 6.12. The molecule has 0 N–H and O–H groups in total. The van der Waals surface area contributed by atoms with Crippen molar-refractivity contribution in [2.75, 3.05) is 6.61 Å². The number of carbonyl (C=O) groups is 1. The van der Waals surface area contributed by atoms with E-state index in [2.05, 4.69) is 19.1 Å². The van der Waals surface area contributed by atoms with E-state index in [4.69, 9.17) is 9.84 Å². The Balaban J connectivity index is 1.79. The van der Waals surface area contributed by atoms with Crippen LogP contribution >= 0.6 is 0 Å². The van der Waals surface area contributed by atoms with Crippen LogP contribution in [0.4, 0.5) is 4.79 Å². The molecule has 1 aliphatic heterocycles. The minimum absolute atomic E-state index is 0.291. The summed E-state index contributed by atoms with van der Waals surface area (Å²) in [5.74, 6) is 0.970. The van der Waals surface area contributed by atoms with Gasteiger partial charge in [-0.05, 0) is 43.7 Å². The smallest absolute Gasteiger partial charge is 0.410 e. The summed E-state index contributed by atoms with van der Waals surface area (Å²) in [5.41, 5.74) is 4.17. The zero-order valence-corrected chi connectivity index (χ0v) is 14.3. The lowest BCUT2D eigenvalue weighted by molar-refractivity contribution is 0.106. The molecule has 1 aromatic carbocycles. The third kappa shape index (κ3) is 2.69. The van der Waals surface area contributed by atoms with E-state index in [9.17, 15) is 4.79 Å². The summed E-state index contributed by atoms with van der Waals surface area (Å²) in [4.78, 5) is 13.8. The predicted octanol–water partition coefficient (Wildman–Crippen LogP) is 3.44. The van der Waals surface area contributed by atoms with E-state index < -0.39 is 0 Å². The first kappa shape index (κ1) is 15.5.